The Kier molecular flexibility index (Phi) is 4.90. The fourth-order valence-electron chi connectivity index (χ4n) is 1.44. The van der Waals surface area contributed by atoms with E-state index in [-0.39, 0.29) is 27.2 Å². The first-order valence-corrected chi connectivity index (χ1v) is 7.49. The molecule has 0 amide bonds. The van der Waals surface area contributed by atoms with Gasteiger partial charge in [0, 0.05) is 18.0 Å². The number of hydrogen-bond acceptors (Lipinski definition) is 3. The monoisotopic (exact) mass is 289 g/mol. The normalized spacial score (nSPS) is 11.8. The molecule has 1 aromatic rings. The van der Waals surface area contributed by atoms with Gasteiger partial charge in [0.05, 0.1) is 9.92 Å². The van der Waals surface area contributed by atoms with E-state index < -0.39 is 10.0 Å². The molecule has 0 fully saturated rings. The van der Waals surface area contributed by atoms with E-state index in [1.165, 1.54) is 18.2 Å². The smallest absolute Gasteiger partial charge is 0.240 e. The molecule has 18 heavy (non-hydrogen) atoms. The van der Waals surface area contributed by atoms with E-state index in [0.29, 0.717) is 6.54 Å². The average molecular weight is 290 g/mol. The molecule has 0 spiro atoms. The minimum atomic E-state index is -3.57. The lowest BCUT2D eigenvalue weighted by Crippen LogP contribution is -2.23. The molecule has 0 aliphatic heterocycles. The summed E-state index contributed by atoms with van der Waals surface area (Å²) < 4.78 is 26.0. The number of halogens is 1. The van der Waals surface area contributed by atoms with E-state index in [0.717, 1.165) is 0 Å². The van der Waals surface area contributed by atoms with Crippen LogP contribution in [0.2, 0.25) is 5.02 Å². The first-order valence-electron chi connectivity index (χ1n) is 5.63. The van der Waals surface area contributed by atoms with Crippen LogP contribution >= 0.6 is 11.6 Å². The van der Waals surface area contributed by atoms with Gasteiger partial charge in [0.2, 0.25) is 10.0 Å². The lowest BCUT2D eigenvalue weighted by molar-refractivity contribution is 0.0939. The number of ketones is 1. The molecule has 0 bridgehead atoms. The Morgan fingerprint density at radius 2 is 2.00 bits per heavy atom. The minimum absolute atomic E-state index is 0.0535. The molecule has 0 radical (unpaired) electrons. The van der Waals surface area contributed by atoms with Crippen molar-refractivity contribution in [1.82, 2.24) is 4.72 Å². The SMILES string of the molecule is CCNS(=O)(=O)c1ccc(Cl)c(C(=O)C(C)C)c1. The Morgan fingerprint density at radius 1 is 1.39 bits per heavy atom. The lowest BCUT2D eigenvalue weighted by Gasteiger charge is -2.09. The fraction of sp³-hybridized carbons (Fsp3) is 0.417. The van der Waals surface area contributed by atoms with Gasteiger partial charge in [0.25, 0.3) is 0 Å². The van der Waals surface area contributed by atoms with Gasteiger partial charge in [-0.05, 0) is 18.2 Å². The summed E-state index contributed by atoms with van der Waals surface area (Å²) >= 11 is 5.93. The first-order chi connectivity index (χ1) is 8.29. The largest absolute Gasteiger partial charge is 0.294 e. The van der Waals surface area contributed by atoms with Crippen LogP contribution in [0.25, 0.3) is 0 Å². The second-order valence-corrected chi connectivity index (χ2v) is 6.34. The van der Waals surface area contributed by atoms with Gasteiger partial charge < -0.3 is 0 Å². The van der Waals surface area contributed by atoms with Crippen LogP contribution in [0.3, 0.4) is 0 Å². The van der Waals surface area contributed by atoms with Crippen molar-refractivity contribution in [2.75, 3.05) is 6.54 Å². The van der Waals surface area contributed by atoms with E-state index in [1.54, 1.807) is 20.8 Å². The zero-order chi connectivity index (χ0) is 13.9. The molecular weight excluding hydrogens is 274 g/mol. The minimum Gasteiger partial charge on any atom is -0.294 e. The average Bonchev–Trinajstić information content (AvgIpc) is 2.28. The predicted molar refractivity (Wildman–Crippen MR) is 71.5 cm³/mol. The summed E-state index contributed by atoms with van der Waals surface area (Å²) in [5.74, 6) is -0.409. The van der Waals surface area contributed by atoms with Crippen molar-refractivity contribution in [1.29, 1.82) is 0 Å². The predicted octanol–water partition coefficient (Wildman–Crippen LogP) is 2.48. The molecule has 6 heteroatoms. The van der Waals surface area contributed by atoms with Crippen LogP contribution in [-0.4, -0.2) is 20.7 Å². The van der Waals surface area contributed by atoms with Gasteiger partial charge in [-0.1, -0.05) is 32.4 Å². The Morgan fingerprint density at radius 3 is 2.50 bits per heavy atom. The van der Waals surface area contributed by atoms with E-state index in [9.17, 15) is 13.2 Å². The Bertz CT molecular complexity index is 552. The molecule has 1 N–H and O–H groups in total. The maximum Gasteiger partial charge on any atom is 0.240 e. The second kappa shape index (κ2) is 5.82. The van der Waals surface area contributed by atoms with Crippen LogP contribution in [0.15, 0.2) is 23.1 Å². The topological polar surface area (TPSA) is 63.2 Å². The van der Waals surface area contributed by atoms with Crippen molar-refractivity contribution >= 4 is 27.4 Å². The maximum absolute atomic E-state index is 11.9. The van der Waals surface area contributed by atoms with Crippen molar-refractivity contribution in [3.05, 3.63) is 28.8 Å². The molecule has 0 saturated heterocycles. The molecule has 0 atom stereocenters. The van der Waals surface area contributed by atoms with Crippen LogP contribution in [-0.2, 0) is 10.0 Å². The van der Waals surface area contributed by atoms with Crippen molar-refractivity contribution in [3.63, 3.8) is 0 Å². The zero-order valence-electron chi connectivity index (χ0n) is 10.5. The Hall–Kier alpha value is -0.910. The summed E-state index contributed by atoms with van der Waals surface area (Å²) in [6.45, 7) is 5.46. The number of sulfonamides is 1. The molecule has 0 aliphatic rings. The van der Waals surface area contributed by atoms with E-state index in [2.05, 4.69) is 4.72 Å². The van der Waals surface area contributed by atoms with Crippen LogP contribution in [0, 0.1) is 5.92 Å². The van der Waals surface area contributed by atoms with Crippen LogP contribution in [0.4, 0.5) is 0 Å². The summed E-state index contributed by atoms with van der Waals surface area (Å²) in [5, 5.41) is 0.268. The van der Waals surface area contributed by atoms with Gasteiger partial charge in [0.15, 0.2) is 5.78 Å². The maximum atomic E-state index is 11.9. The van der Waals surface area contributed by atoms with Crippen LogP contribution < -0.4 is 4.72 Å². The molecule has 0 aliphatic carbocycles. The molecule has 0 saturated carbocycles. The highest BCUT2D eigenvalue weighted by Crippen LogP contribution is 2.23. The van der Waals surface area contributed by atoms with E-state index >= 15 is 0 Å². The number of hydrogen-bond donors (Lipinski definition) is 1. The number of benzene rings is 1. The van der Waals surface area contributed by atoms with Crippen molar-refractivity contribution in [2.45, 2.75) is 25.7 Å². The Labute approximate surface area is 112 Å². The Balaban J connectivity index is 3.29. The van der Waals surface area contributed by atoms with Gasteiger partial charge in [0.1, 0.15) is 0 Å². The quantitative estimate of drug-likeness (QED) is 0.847. The third-order valence-electron chi connectivity index (χ3n) is 2.37. The number of carbonyl (C=O) groups excluding carboxylic acids is 1. The van der Waals surface area contributed by atoms with Crippen LogP contribution in [0.5, 0.6) is 0 Å². The third kappa shape index (κ3) is 3.31. The van der Waals surface area contributed by atoms with E-state index in [1.807, 2.05) is 0 Å². The highest BCUT2D eigenvalue weighted by atomic mass is 35.5. The van der Waals surface area contributed by atoms with Crippen molar-refractivity contribution in [3.8, 4) is 0 Å². The summed E-state index contributed by atoms with van der Waals surface area (Å²) in [6.07, 6.45) is 0. The van der Waals surface area contributed by atoms with Gasteiger partial charge in [-0.2, -0.15) is 0 Å². The molecule has 1 rings (SSSR count). The van der Waals surface area contributed by atoms with Gasteiger partial charge in [-0.15, -0.1) is 0 Å². The van der Waals surface area contributed by atoms with Crippen molar-refractivity contribution < 1.29 is 13.2 Å². The second-order valence-electron chi connectivity index (χ2n) is 4.16. The molecule has 0 unspecified atom stereocenters. The molecule has 100 valence electrons. The van der Waals surface area contributed by atoms with Crippen molar-refractivity contribution in [2.24, 2.45) is 5.92 Å². The first kappa shape index (κ1) is 15.1. The van der Waals surface area contributed by atoms with Gasteiger partial charge in [-0.25, -0.2) is 13.1 Å². The molecular formula is C12H16ClNO3S. The lowest BCUT2D eigenvalue weighted by atomic mass is 10.0. The highest BCUT2D eigenvalue weighted by Gasteiger charge is 2.19. The van der Waals surface area contributed by atoms with Gasteiger partial charge >= 0.3 is 0 Å². The number of rotatable bonds is 5. The molecule has 0 aromatic heterocycles. The zero-order valence-corrected chi connectivity index (χ0v) is 12.1. The number of Topliss-reactive ketones (excluding diaryl/α,β-unsaturated/α-hetero) is 1. The van der Waals surface area contributed by atoms with E-state index in [4.69, 9.17) is 11.6 Å². The fourth-order valence-corrected chi connectivity index (χ4v) is 2.72. The highest BCUT2D eigenvalue weighted by molar-refractivity contribution is 7.89. The number of carbonyl (C=O) groups is 1. The standard InChI is InChI=1S/C12H16ClNO3S/c1-4-14-18(16,17)9-5-6-11(13)10(7-9)12(15)8(2)3/h5-8,14H,4H2,1-3H3. The summed E-state index contributed by atoms with van der Waals surface area (Å²) in [4.78, 5) is 12.0. The molecule has 4 nitrogen and oxygen atoms in total. The van der Waals surface area contributed by atoms with Crippen LogP contribution in [0.1, 0.15) is 31.1 Å². The van der Waals surface area contributed by atoms with Gasteiger partial charge in [-0.3, -0.25) is 4.79 Å². The number of nitrogens with one attached hydrogen (secondary N) is 1. The third-order valence-corrected chi connectivity index (χ3v) is 4.25. The molecule has 1 aromatic carbocycles. The summed E-state index contributed by atoms with van der Waals surface area (Å²) in [6, 6.07) is 4.14. The summed E-state index contributed by atoms with van der Waals surface area (Å²) in [5.41, 5.74) is 0.241. The molecule has 0 heterocycles. The summed E-state index contributed by atoms with van der Waals surface area (Å²) in [7, 11) is -3.57.